The number of nitrogens with two attached hydrogens (primary N) is 1. The molecule has 0 saturated carbocycles. The van der Waals surface area contributed by atoms with Crippen molar-refractivity contribution < 1.29 is 0 Å². The molecule has 8 N–H and O–H groups in total. The lowest BCUT2D eigenvalue weighted by atomic mass is 10.3. The molecule has 0 saturated heterocycles. The standard InChI is InChI=1S/C22H32N14/c1-13-5-7-15(27-13)9-11-26-20-31-19(25-4)32-21(33-20)35-36(12-10-16-8-6-14(2)28-16)22-30-17(23)29-18(24-3)34-22/h5-8,27-28H,9-12H2,1-4H3,(H3,23,24,29,30,34)(H3,25,26,31,32,33,35). The summed E-state index contributed by atoms with van der Waals surface area (Å²) >= 11 is 0. The van der Waals surface area contributed by atoms with E-state index in [1.807, 2.05) is 26.0 Å². The predicted octanol–water partition coefficient (Wildman–Crippen LogP) is 1.73. The molecule has 0 aliphatic rings. The van der Waals surface area contributed by atoms with Gasteiger partial charge < -0.3 is 31.7 Å². The third kappa shape index (κ3) is 6.49. The fourth-order valence-corrected chi connectivity index (χ4v) is 3.51. The van der Waals surface area contributed by atoms with Crippen LogP contribution in [-0.4, -0.2) is 67.1 Å². The Morgan fingerprint density at radius 1 is 0.750 bits per heavy atom. The monoisotopic (exact) mass is 492 g/mol. The van der Waals surface area contributed by atoms with Crippen LogP contribution in [-0.2, 0) is 12.8 Å². The van der Waals surface area contributed by atoms with Crippen molar-refractivity contribution in [2.45, 2.75) is 26.7 Å². The van der Waals surface area contributed by atoms with Crippen molar-refractivity contribution in [2.24, 2.45) is 0 Å². The Kier molecular flexibility index (Phi) is 7.63. The van der Waals surface area contributed by atoms with Gasteiger partial charge in [0.1, 0.15) is 0 Å². The van der Waals surface area contributed by atoms with E-state index in [2.05, 4.69) is 73.4 Å². The van der Waals surface area contributed by atoms with Gasteiger partial charge >= 0.3 is 0 Å². The zero-order chi connectivity index (χ0) is 25.5. The lowest BCUT2D eigenvalue weighted by Gasteiger charge is -2.23. The minimum Gasteiger partial charge on any atom is -0.368 e. The molecule has 36 heavy (non-hydrogen) atoms. The Labute approximate surface area is 209 Å². The predicted molar refractivity (Wildman–Crippen MR) is 141 cm³/mol. The molecule has 4 aromatic heterocycles. The first kappa shape index (κ1) is 24.5. The van der Waals surface area contributed by atoms with E-state index in [9.17, 15) is 0 Å². The lowest BCUT2D eigenvalue weighted by molar-refractivity contribution is 0.798. The Hall–Kier alpha value is -4.62. The summed E-state index contributed by atoms with van der Waals surface area (Å²) in [5.41, 5.74) is 13.6. The highest BCUT2D eigenvalue weighted by Gasteiger charge is 2.16. The van der Waals surface area contributed by atoms with Gasteiger partial charge in [-0.3, -0.25) is 10.4 Å². The summed E-state index contributed by atoms with van der Waals surface area (Å²) in [5, 5.41) is 10.9. The average Bonchev–Trinajstić information content (AvgIpc) is 3.48. The van der Waals surface area contributed by atoms with Crippen molar-refractivity contribution in [3.8, 4) is 0 Å². The van der Waals surface area contributed by atoms with Gasteiger partial charge in [0.15, 0.2) is 0 Å². The van der Waals surface area contributed by atoms with Crippen molar-refractivity contribution in [2.75, 3.05) is 59.3 Å². The summed E-state index contributed by atoms with van der Waals surface area (Å²) in [7, 11) is 3.47. The van der Waals surface area contributed by atoms with Crippen LogP contribution in [0.1, 0.15) is 22.8 Å². The van der Waals surface area contributed by atoms with Crippen molar-refractivity contribution in [1.29, 1.82) is 0 Å². The van der Waals surface area contributed by atoms with Crippen molar-refractivity contribution >= 4 is 35.7 Å². The van der Waals surface area contributed by atoms with E-state index in [1.165, 1.54) is 0 Å². The summed E-state index contributed by atoms with van der Waals surface area (Å²) in [5.74, 6) is 1.95. The molecule has 14 heteroatoms. The maximum atomic E-state index is 5.92. The van der Waals surface area contributed by atoms with Gasteiger partial charge in [-0.05, 0) is 38.1 Å². The van der Waals surface area contributed by atoms with Crippen molar-refractivity contribution in [1.82, 2.24) is 39.9 Å². The van der Waals surface area contributed by atoms with E-state index < -0.39 is 0 Å². The van der Waals surface area contributed by atoms with Crippen LogP contribution >= 0.6 is 0 Å². The van der Waals surface area contributed by atoms with Crippen LogP contribution in [0.2, 0.25) is 0 Å². The molecule has 0 unspecified atom stereocenters. The van der Waals surface area contributed by atoms with Gasteiger partial charge in [0, 0.05) is 62.8 Å². The number of rotatable bonds is 12. The summed E-state index contributed by atoms with van der Waals surface area (Å²) < 4.78 is 0. The minimum atomic E-state index is 0.0975. The van der Waals surface area contributed by atoms with E-state index in [0.29, 0.717) is 49.3 Å². The fourth-order valence-electron chi connectivity index (χ4n) is 3.51. The molecule has 0 aliphatic heterocycles. The van der Waals surface area contributed by atoms with E-state index in [0.717, 1.165) is 29.2 Å². The number of nitrogens with one attached hydrogen (secondary N) is 6. The second kappa shape index (κ2) is 11.2. The van der Waals surface area contributed by atoms with Crippen LogP contribution in [0.3, 0.4) is 0 Å². The molecule has 0 amide bonds. The van der Waals surface area contributed by atoms with Crippen LogP contribution in [0.5, 0.6) is 0 Å². The van der Waals surface area contributed by atoms with Gasteiger partial charge in [-0.15, -0.1) is 0 Å². The summed E-state index contributed by atoms with van der Waals surface area (Å²) in [6.45, 7) is 5.20. The van der Waals surface area contributed by atoms with Crippen molar-refractivity contribution in [3.63, 3.8) is 0 Å². The highest BCUT2D eigenvalue weighted by molar-refractivity contribution is 5.49. The van der Waals surface area contributed by atoms with E-state index in [-0.39, 0.29) is 5.95 Å². The summed E-state index contributed by atoms with van der Waals surface area (Å²) in [6.07, 6.45) is 1.49. The molecule has 4 rings (SSSR count). The molecule has 0 atom stereocenters. The second-order valence-corrected chi connectivity index (χ2v) is 8.15. The number of aryl methyl sites for hydroxylation is 2. The third-order valence-electron chi connectivity index (χ3n) is 5.27. The van der Waals surface area contributed by atoms with Crippen LogP contribution in [0.4, 0.5) is 35.7 Å². The minimum absolute atomic E-state index is 0.0975. The first-order valence-electron chi connectivity index (χ1n) is 11.6. The topological polar surface area (TPSA) is 186 Å². The van der Waals surface area contributed by atoms with Gasteiger partial charge in [-0.25, -0.2) is 0 Å². The van der Waals surface area contributed by atoms with E-state index in [4.69, 9.17) is 5.73 Å². The van der Waals surface area contributed by atoms with Crippen LogP contribution in [0.15, 0.2) is 24.3 Å². The average molecular weight is 493 g/mol. The SMILES string of the molecule is CNc1nc(NCCc2ccc(C)[nH]2)nc(NN(CCc2ccc(C)[nH]2)c2nc(N)nc(NC)n2)n1. The molecule has 0 aliphatic carbocycles. The Morgan fingerprint density at radius 2 is 1.36 bits per heavy atom. The largest absolute Gasteiger partial charge is 0.368 e. The van der Waals surface area contributed by atoms with E-state index in [1.54, 1.807) is 19.1 Å². The molecule has 0 radical (unpaired) electrons. The van der Waals surface area contributed by atoms with Gasteiger partial charge in [-0.1, -0.05) is 0 Å². The first-order valence-corrected chi connectivity index (χ1v) is 11.6. The highest BCUT2D eigenvalue weighted by Crippen LogP contribution is 2.16. The Bertz CT molecular complexity index is 1280. The molecular weight excluding hydrogens is 460 g/mol. The van der Waals surface area contributed by atoms with Gasteiger partial charge in [0.25, 0.3) is 5.95 Å². The summed E-state index contributed by atoms with van der Waals surface area (Å²) in [4.78, 5) is 32.9. The molecule has 0 aromatic carbocycles. The van der Waals surface area contributed by atoms with Crippen LogP contribution < -0.4 is 32.1 Å². The van der Waals surface area contributed by atoms with Gasteiger partial charge in [0.2, 0.25) is 29.7 Å². The number of aromatic nitrogens is 8. The molecule has 0 spiro atoms. The first-order chi connectivity index (χ1) is 17.4. The number of hydrogen-bond donors (Lipinski definition) is 7. The number of anilines is 6. The quantitative estimate of drug-likeness (QED) is 0.142. The lowest BCUT2D eigenvalue weighted by Crippen LogP contribution is -2.35. The van der Waals surface area contributed by atoms with Gasteiger partial charge in [0.05, 0.1) is 0 Å². The van der Waals surface area contributed by atoms with E-state index >= 15 is 0 Å². The van der Waals surface area contributed by atoms with Crippen LogP contribution in [0, 0.1) is 13.8 Å². The molecule has 0 fully saturated rings. The van der Waals surface area contributed by atoms with Crippen LogP contribution in [0.25, 0.3) is 0 Å². The molecule has 0 bridgehead atoms. The van der Waals surface area contributed by atoms with Crippen molar-refractivity contribution in [3.05, 3.63) is 47.0 Å². The smallest absolute Gasteiger partial charge is 0.251 e. The highest BCUT2D eigenvalue weighted by atomic mass is 15.6. The molecule has 4 heterocycles. The number of nitrogens with zero attached hydrogens (tertiary/aromatic N) is 7. The summed E-state index contributed by atoms with van der Waals surface area (Å²) in [6, 6.07) is 8.20. The molecule has 190 valence electrons. The number of hydrazine groups is 1. The zero-order valence-corrected chi connectivity index (χ0v) is 20.8. The zero-order valence-electron chi connectivity index (χ0n) is 20.8. The Morgan fingerprint density at radius 3 is 2.00 bits per heavy atom. The maximum Gasteiger partial charge on any atom is 0.251 e. The number of H-pyrrole nitrogens is 2. The maximum absolute atomic E-state index is 5.92. The second-order valence-electron chi connectivity index (χ2n) is 8.15. The number of nitrogen functional groups attached to an aromatic ring is 1. The third-order valence-corrected chi connectivity index (χ3v) is 5.27. The number of aromatic amines is 2. The number of hydrogen-bond acceptors (Lipinski definition) is 12. The fraction of sp³-hybridized carbons (Fsp3) is 0.364. The molecule has 14 nitrogen and oxygen atoms in total. The normalized spacial score (nSPS) is 10.8. The van der Waals surface area contributed by atoms with Gasteiger partial charge in [-0.2, -0.15) is 29.9 Å². The molecular formula is C22H32N14. The Balaban J connectivity index is 1.54. The molecule has 4 aromatic rings.